The van der Waals surface area contributed by atoms with Gasteiger partial charge in [-0.05, 0) is 59.2 Å². The maximum Gasteiger partial charge on any atom is 0.250 e. The van der Waals surface area contributed by atoms with Crippen molar-refractivity contribution in [3.05, 3.63) is 46.8 Å². The van der Waals surface area contributed by atoms with E-state index in [1.54, 1.807) is 13.3 Å². The van der Waals surface area contributed by atoms with Crippen molar-refractivity contribution in [2.75, 3.05) is 24.3 Å². The summed E-state index contributed by atoms with van der Waals surface area (Å²) in [6.07, 6.45) is 3.90. The molecule has 0 fully saturated rings. The topological polar surface area (TPSA) is 79.7 Å². The number of nitrogens with one attached hydrogen (secondary N) is 1. The zero-order chi connectivity index (χ0) is 23.5. The number of methoxy groups -OCH3 is 1. The molecule has 0 saturated carbocycles. The molecule has 0 spiro atoms. The Hall–Kier alpha value is -2.87. The molecule has 0 aliphatic carbocycles. The Morgan fingerprint density at radius 2 is 1.91 bits per heavy atom. The highest BCUT2D eigenvalue weighted by molar-refractivity contribution is 7.99. The molecule has 0 radical (unpaired) electrons. The van der Waals surface area contributed by atoms with Crippen molar-refractivity contribution in [3.8, 4) is 5.75 Å². The predicted octanol–water partition coefficient (Wildman–Crippen LogP) is 4.37. The maximum atomic E-state index is 12.2. The lowest BCUT2D eigenvalue weighted by Crippen LogP contribution is -2.44. The molecular formula is C24H31N5O2S. The Bertz CT molecular complexity index is 1060. The SMILES string of the molecule is CCN1c2cc(OC)c(/C=N\NC(=O)CSc3nc(C)cc(C)n3)cc2C(C)=CC1(C)C. The van der Waals surface area contributed by atoms with E-state index in [4.69, 9.17) is 4.74 Å². The van der Waals surface area contributed by atoms with Gasteiger partial charge in [-0.25, -0.2) is 15.4 Å². The Balaban J connectivity index is 1.73. The van der Waals surface area contributed by atoms with E-state index in [1.807, 2.05) is 26.0 Å². The number of carbonyl (C=O) groups is 1. The highest BCUT2D eigenvalue weighted by atomic mass is 32.2. The zero-order valence-corrected chi connectivity index (χ0v) is 20.6. The minimum Gasteiger partial charge on any atom is -0.496 e. The van der Waals surface area contributed by atoms with Crippen LogP contribution in [0.4, 0.5) is 5.69 Å². The number of hydrogen-bond acceptors (Lipinski definition) is 7. The number of aryl methyl sites for hydroxylation is 2. The number of fused-ring (bicyclic) bond motifs is 1. The van der Waals surface area contributed by atoms with Crippen LogP contribution in [0.1, 0.15) is 50.2 Å². The minimum absolute atomic E-state index is 0.0718. The minimum atomic E-state index is -0.221. The van der Waals surface area contributed by atoms with Crippen LogP contribution in [0.5, 0.6) is 5.75 Å². The van der Waals surface area contributed by atoms with Crippen molar-refractivity contribution >= 4 is 35.1 Å². The van der Waals surface area contributed by atoms with E-state index in [-0.39, 0.29) is 17.2 Å². The van der Waals surface area contributed by atoms with Crippen LogP contribution in [0.2, 0.25) is 0 Å². The fourth-order valence-corrected chi connectivity index (χ4v) is 4.81. The van der Waals surface area contributed by atoms with Gasteiger partial charge in [0.2, 0.25) is 0 Å². The lowest BCUT2D eigenvalue weighted by atomic mass is 9.88. The molecule has 1 N–H and O–H groups in total. The first-order valence-electron chi connectivity index (χ1n) is 10.6. The van der Waals surface area contributed by atoms with Gasteiger partial charge in [-0.1, -0.05) is 17.8 Å². The van der Waals surface area contributed by atoms with E-state index >= 15 is 0 Å². The molecular weight excluding hydrogens is 422 g/mol. The summed E-state index contributed by atoms with van der Waals surface area (Å²) in [7, 11) is 1.64. The number of anilines is 1. The van der Waals surface area contributed by atoms with Crippen LogP contribution >= 0.6 is 11.8 Å². The first-order chi connectivity index (χ1) is 15.1. The summed E-state index contributed by atoms with van der Waals surface area (Å²) in [5, 5.41) is 4.73. The van der Waals surface area contributed by atoms with Gasteiger partial charge < -0.3 is 9.64 Å². The number of carbonyl (C=O) groups excluding carboxylic acids is 1. The number of rotatable bonds is 7. The number of ether oxygens (including phenoxy) is 1. The van der Waals surface area contributed by atoms with E-state index in [2.05, 4.69) is 65.2 Å². The van der Waals surface area contributed by atoms with Gasteiger partial charge in [0.05, 0.1) is 24.6 Å². The third kappa shape index (κ3) is 5.30. The number of hydrogen-bond donors (Lipinski definition) is 1. The van der Waals surface area contributed by atoms with Gasteiger partial charge in [-0.2, -0.15) is 5.10 Å². The van der Waals surface area contributed by atoms with Gasteiger partial charge in [0.25, 0.3) is 5.91 Å². The largest absolute Gasteiger partial charge is 0.496 e. The Kier molecular flexibility index (Phi) is 7.23. The number of benzene rings is 1. The number of allylic oxidation sites excluding steroid dienone is 1. The number of amides is 1. The molecule has 1 aromatic carbocycles. The van der Waals surface area contributed by atoms with Crippen LogP contribution in [0.3, 0.4) is 0 Å². The summed E-state index contributed by atoms with van der Waals surface area (Å²) >= 11 is 1.29. The van der Waals surface area contributed by atoms with E-state index in [0.29, 0.717) is 10.9 Å². The van der Waals surface area contributed by atoms with Crippen molar-refractivity contribution in [2.45, 2.75) is 52.2 Å². The molecule has 2 aromatic rings. The van der Waals surface area contributed by atoms with Crippen LogP contribution in [0, 0.1) is 13.8 Å². The molecule has 170 valence electrons. The van der Waals surface area contributed by atoms with Crippen LogP contribution in [-0.2, 0) is 4.79 Å². The summed E-state index contributed by atoms with van der Waals surface area (Å²) in [5.41, 5.74) is 8.57. The van der Waals surface area contributed by atoms with Crippen LogP contribution in [0.25, 0.3) is 5.57 Å². The summed E-state index contributed by atoms with van der Waals surface area (Å²) in [6.45, 7) is 13.4. The number of hydrazone groups is 1. The van der Waals surface area contributed by atoms with Crippen LogP contribution < -0.4 is 15.1 Å². The molecule has 1 aromatic heterocycles. The van der Waals surface area contributed by atoms with E-state index in [1.165, 1.54) is 17.3 Å². The lowest BCUT2D eigenvalue weighted by molar-refractivity contribution is -0.118. The van der Waals surface area contributed by atoms with E-state index in [9.17, 15) is 4.79 Å². The molecule has 7 nitrogen and oxygen atoms in total. The van der Waals surface area contributed by atoms with Gasteiger partial charge in [-0.3, -0.25) is 4.79 Å². The number of aromatic nitrogens is 2. The standard InChI is InChI=1S/C24H31N5O2S/c1-8-29-20-11-21(31-7)18(10-19(20)15(2)12-24(29,5)6)13-25-28-22(30)14-32-23-26-16(3)9-17(4)27-23/h9-13H,8,14H2,1-7H3,(H,28,30)/b25-13-. The highest BCUT2D eigenvalue weighted by Crippen LogP contribution is 2.41. The summed E-state index contributed by atoms with van der Waals surface area (Å²) in [5.74, 6) is 0.675. The van der Waals surface area contributed by atoms with Gasteiger partial charge >= 0.3 is 0 Å². The molecule has 1 aliphatic rings. The average molecular weight is 454 g/mol. The quantitative estimate of drug-likeness (QED) is 0.290. The van der Waals surface area contributed by atoms with Crippen LogP contribution in [-0.4, -0.2) is 47.0 Å². The van der Waals surface area contributed by atoms with Crippen molar-refractivity contribution in [2.24, 2.45) is 5.10 Å². The van der Waals surface area contributed by atoms with Gasteiger partial charge in [0.15, 0.2) is 5.16 Å². The maximum absolute atomic E-state index is 12.2. The summed E-state index contributed by atoms with van der Waals surface area (Å²) in [4.78, 5) is 23.2. The Labute approximate surface area is 194 Å². The van der Waals surface area contributed by atoms with Gasteiger partial charge in [0, 0.05) is 40.8 Å². The molecule has 8 heteroatoms. The molecule has 32 heavy (non-hydrogen) atoms. The average Bonchev–Trinajstić information content (AvgIpc) is 2.71. The number of likely N-dealkylation sites (N-methyl/N-ethyl adjacent to an activating group) is 1. The van der Waals surface area contributed by atoms with Crippen LogP contribution in [0.15, 0.2) is 34.5 Å². The first kappa shape index (κ1) is 23.8. The van der Waals surface area contributed by atoms with Crippen molar-refractivity contribution in [3.63, 3.8) is 0 Å². The van der Waals surface area contributed by atoms with Crippen molar-refractivity contribution in [1.82, 2.24) is 15.4 Å². The molecule has 1 amide bonds. The first-order valence-corrected chi connectivity index (χ1v) is 11.6. The third-order valence-electron chi connectivity index (χ3n) is 5.33. The van der Waals surface area contributed by atoms with E-state index < -0.39 is 0 Å². The highest BCUT2D eigenvalue weighted by Gasteiger charge is 2.31. The molecule has 3 rings (SSSR count). The zero-order valence-electron chi connectivity index (χ0n) is 19.8. The second-order valence-corrected chi connectivity index (χ2v) is 9.29. The molecule has 0 atom stereocenters. The normalized spacial score (nSPS) is 14.8. The third-order valence-corrected chi connectivity index (χ3v) is 6.18. The van der Waals surface area contributed by atoms with Crippen molar-refractivity contribution < 1.29 is 9.53 Å². The molecule has 0 saturated heterocycles. The summed E-state index contributed by atoms with van der Waals surface area (Å²) < 4.78 is 5.62. The summed E-state index contributed by atoms with van der Waals surface area (Å²) in [6, 6.07) is 6.01. The second-order valence-electron chi connectivity index (χ2n) is 8.35. The Morgan fingerprint density at radius 1 is 1.22 bits per heavy atom. The number of nitrogens with zero attached hydrogens (tertiary/aromatic N) is 4. The molecule has 2 heterocycles. The fraction of sp³-hybridized carbons (Fsp3) is 0.417. The fourth-order valence-electron chi connectivity index (χ4n) is 4.07. The van der Waals surface area contributed by atoms with Crippen molar-refractivity contribution in [1.29, 1.82) is 0 Å². The van der Waals surface area contributed by atoms with Gasteiger partial charge in [-0.15, -0.1) is 0 Å². The molecule has 1 aliphatic heterocycles. The number of thioether (sulfide) groups is 1. The molecule has 0 bridgehead atoms. The smallest absolute Gasteiger partial charge is 0.250 e. The second kappa shape index (κ2) is 9.73. The molecule has 0 unspecified atom stereocenters. The monoisotopic (exact) mass is 453 g/mol. The Morgan fingerprint density at radius 3 is 2.53 bits per heavy atom. The predicted molar refractivity (Wildman–Crippen MR) is 132 cm³/mol. The van der Waals surface area contributed by atoms with Gasteiger partial charge in [0.1, 0.15) is 5.75 Å². The van der Waals surface area contributed by atoms with E-state index in [0.717, 1.165) is 34.7 Å². The lowest BCUT2D eigenvalue weighted by Gasteiger charge is -2.43.